The number of Topliss-reactive ketones (excluding diaryl/α,β-unsaturated/α-hetero) is 1. The maximum absolute atomic E-state index is 11.0. The molecule has 2 heteroatoms. The molecule has 3 fully saturated rings. The fourth-order valence-electron chi connectivity index (χ4n) is 3.53. The van der Waals surface area contributed by atoms with E-state index in [-0.39, 0.29) is 0 Å². The number of hydrogen-bond donors (Lipinski definition) is 1. The van der Waals surface area contributed by atoms with E-state index in [1.165, 1.54) is 25.9 Å². The highest BCUT2D eigenvalue weighted by molar-refractivity contribution is 5.86. The van der Waals surface area contributed by atoms with E-state index in [1.54, 1.807) is 0 Å². The zero-order valence-corrected chi connectivity index (χ0v) is 7.31. The Morgan fingerprint density at radius 3 is 2.25 bits per heavy atom. The highest BCUT2D eigenvalue weighted by atomic mass is 16.1. The van der Waals surface area contributed by atoms with Gasteiger partial charge < -0.3 is 5.32 Å². The molecule has 1 N–H and O–H groups in total. The molecule has 3 rings (SSSR count). The van der Waals surface area contributed by atoms with Gasteiger partial charge in [-0.05, 0) is 43.2 Å². The first kappa shape index (κ1) is 7.07. The Morgan fingerprint density at radius 1 is 1.17 bits per heavy atom. The second kappa shape index (κ2) is 2.11. The predicted molar refractivity (Wildman–Crippen MR) is 45.8 cm³/mol. The Labute approximate surface area is 72.7 Å². The molecular weight excluding hydrogens is 150 g/mol. The number of rotatable bonds is 0. The van der Waals surface area contributed by atoms with E-state index >= 15 is 0 Å². The summed E-state index contributed by atoms with van der Waals surface area (Å²) < 4.78 is 0. The molecule has 0 unspecified atom stereocenters. The van der Waals surface area contributed by atoms with Crippen molar-refractivity contribution in [1.29, 1.82) is 0 Å². The van der Waals surface area contributed by atoms with Crippen LogP contribution in [0.4, 0.5) is 0 Å². The predicted octanol–water partition coefficient (Wildman–Crippen LogP) is 0.965. The van der Waals surface area contributed by atoms with Crippen molar-refractivity contribution in [2.45, 2.75) is 25.7 Å². The van der Waals surface area contributed by atoms with Crippen molar-refractivity contribution >= 4 is 5.78 Å². The second-order valence-electron chi connectivity index (χ2n) is 4.98. The number of hydrogen-bond acceptors (Lipinski definition) is 2. The summed E-state index contributed by atoms with van der Waals surface area (Å²) in [6.45, 7) is 2.42. The van der Waals surface area contributed by atoms with Crippen LogP contribution in [0.1, 0.15) is 25.7 Å². The maximum atomic E-state index is 11.0. The Balaban J connectivity index is 1.75. The van der Waals surface area contributed by atoms with Gasteiger partial charge in [-0.1, -0.05) is 0 Å². The van der Waals surface area contributed by atoms with Crippen molar-refractivity contribution in [3.05, 3.63) is 0 Å². The first-order valence-corrected chi connectivity index (χ1v) is 5.00. The summed E-state index contributed by atoms with van der Waals surface area (Å²) in [5.74, 6) is 2.30. The van der Waals surface area contributed by atoms with Crippen molar-refractivity contribution in [3.63, 3.8) is 0 Å². The van der Waals surface area contributed by atoms with Gasteiger partial charge in [-0.25, -0.2) is 0 Å². The quantitative estimate of drug-likeness (QED) is 0.579. The van der Waals surface area contributed by atoms with Crippen molar-refractivity contribution in [3.8, 4) is 0 Å². The minimum atomic E-state index is 0.495. The average molecular weight is 165 g/mol. The molecule has 66 valence electrons. The molecule has 1 spiro atoms. The van der Waals surface area contributed by atoms with E-state index in [1.807, 2.05) is 0 Å². The van der Waals surface area contributed by atoms with Gasteiger partial charge in [0, 0.05) is 12.8 Å². The van der Waals surface area contributed by atoms with Crippen molar-refractivity contribution < 1.29 is 4.79 Å². The second-order valence-corrected chi connectivity index (χ2v) is 4.98. The zero-order chi connectivity index (χ0) is 8.18. The van der Waals surface area contributed by atoms with Crippen LogP contribution >= 0.6 is 0 Å². The minimum absolute atomic E-state index is 0.495. The molecule has 0 aromatic rings. The van der Waals surface area contributed by atoms with E-state index in [2.05, 4.69) is 5.32 Å². The molecule has 2 saturated carbocycles. The summed E-state index contributed by atoms with van der Waals surface area (Å²) in [5, 5.41) is 3.44. The molecule has 12 heavy (non-hydrogen) atoms. The van der Waals surface area contributed by atoms with Gasteiger partial charge in [0.1, 0.15) is 5.78 Å². The fraction of sp³-hybridized carbons (Fsp3) is 0.900. The summed E-state index contributed by atoms with van der Waals surface area (Å²) in [7, 11) is 0. The van der Waals surface area contributed by atoms with Crippen molar-refractivity contribution in [2.75, 3.05) is 13.1 Å². The summed E-state index contributed by atoms with van der Waals surface area (Å²) in [6.07, 6.45) is 4.47. The van der Waals surface area contributed by atoms with Crippen molar-refractivity contribution in [1.82, 2.24) is 5.32 Å². The van der Waals surface area contributed by atoms with Crippen LogP contribution < -0.4 is 5.32 Å². The molecule has 0 aromatic heterocycles. The zero-order valence-electron chi connectivity index (χ0n) is 7.31. The van der Waals surface area contributed by atoms with Gasteiger partial charge in [0.25, 0.3) is 0 Å². The Kier molecular flexibility index (Phi) is 1.24. The highest BCUT2D eigenvalue weighted by Crippen LogP contribution is 2.56. The standard InChI is InChI=1S/C10H15NO/c12-9-3-10(4-9)1-7-5-11-6-8(7)2-10/h7-8,11H,1-6H2/t7-,8+. The van der Waals surface area contributed by atoms with Crippen LogP contribution in [0.15, 0.2) is 0 Å². The Bertz CT molecular complexity index is 214. The molecule has 1 aliphatic heterocycles. The number of carbonyl (C=O) groups is 1. The number of nitrogens with one attached hydrogen (secondary N) is 1. The smallest absolute Gasteiger partial charge is 0.134 e. The normalized spacial score (nSPS) is 43.2. The molecule has 0 bridgehead atoms. The molecule has 1 saturated heterocycles. The van der Waals surface area contributed by atoms with E-state index in [0.29, 0.717) is 11.2 Å². The first-order chi connectivity index (χ1) is 5.77. The maximum Gasteiger partial charge on any atom is 0.134 e. The molecule has 2 aliphatic carbocycles. The number of ketones is 1. The van der Waals surface area contributed by atoms with Crippen LogP contribution in [-0.4, -0.2) is 18.9 Å². The highest BCUT2D eigenvalue weighted by Gasteiger charge is 2.53. The molecule has 2 atom stereocenters. The van der Waals surface area contributed by atoms with Crippen LogP contribution in [0.5, 0.6) is 0 Å². The van der Waals surface area contributed by atoms with E-state index < -0.39 is 0 Å². The van der Waals surface area contributed by atoms with E-state index in [4.69, 9.17) is 0 Å². The van der Waals surface area contributed by atoms with Gasteiger partial charge in [0.2, 0.25) is 0 Å². The minimum Gasteiger partial charge on any atom is -0.316 e. The summed E-state index contributed by atoms with van der Waals surface area (Å²) in [4.78, 5) is 11.0. The van der Waals surface area contributed by atoms with E-state index in [9.17, 15) is 4.79 Å². The van der Waals surface area contributed by atoms with Crippen LogP contribution in [0.2, 0.25) is 0 Å². The molecule has 0 radical (unpaired) electrons. The van der Waals surface area contributed by atoms with Crippen LogP contribution in [0.25, 0.3) is 0 Å². The molecule has 3 aliphatic rings. The van der Waals surface area contributed by atoms with E-state index in [0.717, 1.165) is 24.7 Å². The van der Waals surface area contributed by atoms with Crippen LogP contribution in [0, 0.1) is 17.3 Å². The van der Waals surface area contributed by atoms with Gasteiger partial charge >= 0.3 is 0 Å². The van der Waals surface area contributed by atoms with Crippen LogP contribution in [-0.2, 0) is 4.79 Å². The number of fused-ring (bicyclic) bond motifs is 1. The van der Waals surface area contributed by atoms with Gasteiger partial charge in [-0.15, -0.1) is 0 Å². The lowest BCUT2D eigenvalue weighted by Gasteiger charge is -2.37. The summed E-state index contributed by atoms with van der Waals surface area (Å²) in [5.41, 5.74) is 0.495. The van der Waals surface area contributed by atoms with Gasteiger partial charge in [0.15, 0.2) is 0 Å². The van der Waals surface area contributed by atoms with Crippen molar-refractivity contribution in [2.24, 2.45) is 17.3 Å². The Morgan fingerprint density at radius 2 is 1.75 bits per heavy atom. The van der Waals surface area contributed by atoms with Gasteiger partial charge in [-0.2, -0.15) is 0 Å². The fourth-order valence-corrected chi connectivity index (χ4v) is 3.53. The molecule has 0 amide bonds. The third kappa shape index (κ3) is 0.817. The first-order valence-electron chi connectivity index (χ1n) is 5.00. The number of carbonyl (C=O) groups excluding carboxylic acids is 1. The molecule has 2 nitrogen and oxygen atoms in total. The third-order valence-corrected chi connectivity index (χ3v) is 4.01. The van der Waals surface area contributed by atoms with Crippen LogP contribution in [0.3, 0.4) is 0 Å². The molecule has 1 heterocycles. The average Bonchev–Trinajstić information content (AvgIpc) is 2.41. The largest absolute Gasteiger partial charge is 0.316 e. The summed E-state index contributed by atoms with van der Waals surface area (Å²) >= 11 is 0. The van der Waals surface area contributed by atoms with Gasteiger partial charge in [0.05, 0.1) is 0 Å². The molecular formula is C10H15NO. The lowest BCUT2D eigenvalue weighted by molar-refractivity contribution is -0.132. The monoisotopic (exact) mass is 165 g/mol. The third-order valence-electron chi connectivity index (χ3n) is 4.01. The lowest BCUT2D eigenvalue weighted by atomic mass is 9.66. The lowest BCUT2D eigenvalue weighted by Crippen LogP contribution is -2.36. The SMILES string of the molecule is O=C1CC2(C1)C[C@H]1CNC[C@H]1C2. The topological polar surface area (TPSA) is 29.1 Å². The molecule has 0 aromatic carbocycles. The summed E-state index contributed by atoms with van der Waals surface area (Å²) in [6, 6.07) is 0. The van der Waals surface area contributed by atoms with Gasteiger partial charge in [-0.3, -0.25) is 4.79 Å². The Hall–Kier alpha value is -0.370.